The van der Waals surface area contributed by atoms with Gasteiger partial charge in [-0.15, -0.1) is 10.2 Å². The second kappa shape index (κ2) is 7.23. The quantitative estimate of drug-likeness (QED) is 0.485. The highest BCUT2D eigenvalue weighted by Gasteiger charge is 2.21. The molecule has 0 bridgehead atoms. The van der Waals surface area contributed by atoms with Gasteiger partial charge in [0.05, 0.1) is 11.5 Å². The standard InChI is InChI=1S/C17H17N5O4S/c1-10(27-17-21-20-15(22(17)18)13-3-2-6-24-13)16(23)19-8-11-4-5-12-14(7-11)26-9-25-12/h2-7,10H,8-9,18H2,1H3,(H,19,23)/t10-/m1/s1. The molecule has 0 unspecified atom stereocenters. The molecule has 1 atom stereocenters. The average Bonchev–Trinajstić information content (AvgIpc) is 3.41. The van der Waals surface area contributed by atoms with E-state index in [2.05, 4.69) is 15.5 Å². The predicted octanol–water partition coefficient (Wildman–Crippen LogP) is 1.78. The number of thioether (sulfide) groups is 1. The molecule has 9 nitrogen and oxygen atoms in total. The monoisotopic (exact) mass is 387 g/mol. The molecule has 1 aliphatic rings. The second-order valence-electron chi connectivity index (χ2n) is 5.82. The van der Waals surface area contributed by atoms with Crippen molar-refractivity contribution in [1.29, 1.82) is 0 Å². The summed E-state index contributed by atoms with van der Waals surface area (Å²) >= 11 is 1.22. The second-order valence-corrected chi connectivity index (χ2v) is 7.13. The molecule has 0 saturated carbocycles. The highest BCUT2D eigenvalue weighted by molar-refractivity contribution is 8.00. The summed E-state index contributed by atoms with van der Waals surface area (Å²) in [6.45, 7) is 2.38. The number of amides is 1. The van der Waals surface area contributed by atoms with Gasteiger partial charge in [-0.05, 0) is 36.8 Å². The third kappa shape index (κ3) is 3.56. The van der Waals surface area contributed by atoms with E-state index in [1.807, 2.05) is 18.2 Å². The Kier molecular flexibility index (Phi) is 4.63. The van der Waals surface area contributed by atoms with Gasteiger partial charge >= 0.3 is 0 Å². The molecular formula is C17H17N5O4S. The van der Waals surface area contributed by atoms with Gasteiger partial charge in [-0.25, -0.2) is 4.68 Å². The van der Waals surface area contributed by atoms with E-state index >= 15 is 0 Å². The van der Waals surface area contributed by atoms with E-state index in [4.69, 9.17) is 19.7 Å². The zero-order valence-electron chi connectivity index (χ0n) is 14.4. The van der Waals surface area contributed by atoms with Crippen molar-refractivity contribution < 1.29 is 18.7 Å². The Labute approximate surface area is 158 Å². The zero-order valence-corrected chi connectivity index (χ0v) is 15.2. The minimum atomic E-state index is -0.407. The van der Waals surface area contributed by atoms with Crippen molar-refractivity contribution in [2.45, 2.75) is 23.9 Å². The van der Waals surface area contributed by atoms with Gasteiger partial charge in [0.1, 0.15) is 0 Å². The number of carbonyl (C=O) groups is 1. The van der Waals surface area contributed by atoms with Gasteiger partial charge in [0.15, 0.2) is 17.3 Å². The van der Waals surface area contributed by atoms with Crippen LogP contribution in [0.25, 0.3) is 11.6 Å². The van der Waals surface area contributed by atoms with Crippen LogP contribution in [0.5, 0.6) is 11.5 Å². The molecule has 1 amide bonds. The maximum atomic E-state index is 12.4. The molecule has 3 heterocycles. The third-order valence-corrected chi connectivity index (χ3v) is 5.02. The molecule has 1 aliphatic heterocycles. The minimum Gasteiger partial charge on any atom is -0.461 e. The number of hydrogen-bond donors (Lipinski definition) is 2. The lowest BCUT2D eigenvalue weighted by molar-refractivity contribution is -0.120. The normalized spacial score (nSPS) is 13.5. The Morgan fingerprint density at radius 3 is 3.00 bits per heavy atom. The number of benzene rings is 1. The highest BCUT2D eigenvalue weighted by Crippen LogP contribution is 2.32. The maximum absolute atomic E-state index is 12.4. The van der Waals surface area contributed by atoms with Gasteiger partial charge in [-0.1, -0.05) is 17.8 Å². The number of fused-ring (bicyclic) bond motifs is 1. The summed E-state index contributed by atoms with van der Waals surface area (Å²) in [4.78, 5) is 12.4. The van der Waals surface area contributed by atoms with E-state index in [0.717, 1.165) is 5.56 Å². The molecule has 2 aromatic heterocycles. The Balaban J connectivity index is 1.36. The fraction of sp³-hybridized carbons (Fsp3) is 0.235. The number of carbonyl (C=O) groups excluding carboxylic acids is 1. The molecule has 0 saturated heterocycles. The summed E-state index contributed by atoms with van der Waals surface area (Å²) in [5, 5.41) is 11.0. The van der Waals surface area contributed by atoms with Crippen molar-refractivity contribution in [2.24, 2.45) is 0 Å². The molecule has 3 aromatic rings. The van der Waals surface area contributed by atoms with Crippen molar-refractivity contribution >= 4 is 17.7 Å². The zero-order chi connectivity index (χ0) is 18.8. The van der Waals surface area contributed by atoms with Crippen LogP contribution in [0.1, 0.15) is 12.5 Å². The van der Waals surface area contributed by atoms with Gasteiger partial charge in [0.25, 0.3) is 0 Å². The van der Waals surface area contributed by atoms with Gasteiger partial charge in [-0.3, -0.25) is 4.79 Å². The predicted molar refractivity (Wildman–Crippen MR) is 97.6 cm³/mol. The van der Waals surface area contributed by atoms with Crippen LogP contribution in [0, 0.1) is 0 Å². The number of nitrogens with one attached hydrogen (secondary N) is 1. The number of aromatic nitrogens is 3. The molecular weight excluding hydrogens is 370 g/mol. The van der Waals surface area contributed by atoms with Crippen LogP contribution < -0.4 is 20.6 Å². The van der Waals surface area contributed by atoms with Crippen LogP contribution in [-0.4, -0.2) is 32.8 Å². The van der Waals surface area contributed by atoms with Crippen molar-refractivity contribution in [1.82, 2.24) is 20.2 Å². The molecule has 27 heavy (non-hydrogen) atoms. The van der Waals surface area contributed by atoms with Crippen LogP contribution in [-0.2, 0) is 11.3 Å². The van der Waals surface area contributed by atoms with Crippen LogP contribution in [0.3, 0.4) is 0 Å². The van der Waals surface area contributed by atoms with Crippen molar-refractivity contribution in [2.75, 3.05) is 12.6 Å². The van der Waals surface area contributed by atoms with E-state index in [1.54, 1.807) is 19.1 Å². The summed E-state index contributed by atoms with van der Waals surface area (Å²) in [5.74, 6) is 8.18. The molecule has 140 valence electrons. The smallest absolute Gasteiger partial charge is 0.233 e. The van der Waals surface area contributed by atoms with Crippen LogP contribution in [0.2, 0.25) is 0 Å². The number of nitrogens with zero attached hydrogens (tertiary/aromatic N) is 3. The van der Waals surface area contributed by atoms with Crippen molar-refractivity contribution in [3.63, 3.8) is 0 Å². The lowest BCUT2D eigenvalue weighted by Gasteiger charge is -2.11. The molecule has 3 N–H and O–H groups in total. The highest BCUT2D eigenvalue weighted by atomic mass is 32.2. The Morgan fingerprint density at radius 2 is 2.19 bits per heavy atom. The van der Waals surface area contributed by atoms with Crippen molar-refractivity contribution in [3.05, 3.63) is 42.2 Å². The van der Waals surface area contributed by atoms with Gasteiger partial charge in [0.2, 0.25) is 23.7 Å². The Hall–Kier alpha value is -3.14. The van der Waals surface area contributed by atoms with E-state index in [1.165, 1.54) is 22.7 Å². The first-order valence-electron chi connectivity index (χ1n) is 8.19. The summed E-state index contributed by atoms with van der Waals surface area (Å²) in [6.07, 6.45) is 1.53. The first-order valence-corrected chi connectivity index (χ1v) is 9.07. The molecule has 1 aromatic carbocycles. The lowest BCUT2D eigenvalue weighted by atomic mass is 10.2. The number of nitrogen functional groups attached to an aromatic ring is 1. The number of furan rings is 1. The van der Waals surface area contributed by atoms with Gasteiger partial charge < -0.3 is 25.1 Å². The SMILES string of the molecule is C[C@@H](Sc1nnc(-c2ccco2)n1N)C(=O)NCc1ccc2c(c1)OCO2. The lowest BCUT2D eigenvalue weighted by Crippen LogP contribution is -2.30. The van der Waals surface area contributed by atoms with E-state index in [9.17, 15) is 4.79 Å². The molecule has 0 fully saturated rings. The summed E-state index contributed by atoms with van der Waals surface area (Å²) in [5.41, 5.74) is 0.923. The summed E-state index contributed by atoms with van der Waals surface area (Å²) < 4.78 is 17.2. The van der Waals surface area contributed by atoms with E-state index in [0.29, 0.717) is 34.8 Å². The molecule has 10 heteroatoms. The topological polar surface area (TPSA) is 117 Å². The Bertz CT molecular complexity index is 956. The largest absolute Gasteiger partial charge is 0.461 e. The maximum Gasteiger partial charge on any atom is 0.233 e. The molecule has 0 spiro atoms. The fourth-order valence-corrected chi connectivity index (χ4v) is 3.32. The molecule has 0 aliphatic carbocycles. The van der Waals surface area contributed by atoms with E-state index < -0.39 is 5.25 Å². The average molecular weight is 387 g/mol. The number of hydrogen-bond acceptors (Lipinski definition) is 8. The first kappa shape index (κ1) is 17.3. The number of nitrogens with two attached hydrogens (primary N) is 1. The Morgan fingerprint density at radius 1 is 1.33 bits per heavy atom. The van der Waals surface area contributed by atoms with Crippen molar-refractivity contribution in [3.8, 4) is 23.1 Å². The van der Waals surface area contributed by atoms with Gasteiger partial charge in [-0.2, -0.15) is 0 Å². The minimum absolute atomic E-state index is 0.139. The third-order valence-electron chi connectivity index (χ3n) is 3.96. The number of ether oxygens (including phenoxy) is 2. The van der Waals surface area contributed by atoms with E-state index in [-0.39, 0.29) is 12.7 Å². The molecule has 0 radical (unpaired) electrons. The summed E-state index contributed by atoms with van der Waals surface area (Å²) in [7, 11) is 0. The van der Waals surface area contributed by atoms with Gasteiger partial charge in [0, 0.05) is 6.54 Å². The van der Waals surface area contributed by atoms with Crippen LogP contribution in [0.4, 0.5) is 0 Å². The summed E-state index contributed by atoms with van der Waals surface area (Å²) in [6, 6.07) is 9.05. The molecule has 4 rings (SSSR count). The first-order chi connectivity index (χ1) is 13.1. The van der Waals surface area contributed by atoms with Crippen LogP contribution in [0.15, 0.2) is 46.2 Å². The fourth-order valence-electron chi connectivity index (χ4n) is 2.53. The number of rotatable bonds is 6. The van der Waals surface area contributed by atoms with Crippen LogP contribution >= 0.6 is 11.8 Å².